The Hall–Kier alpha value is -1.39. The van der Waals surface area contributed by atoms with Crippen molar-refractivity contribution in [3.05, 3.63) is 57.0 Å². The Labute approximate surface area is 137 Å². The highest BCUT2D eigenvalue weighted by atomic mass is 79.9. The molecule has 21 heavy (non-hydrogen) atoms. The van der Waals surface area contributed by atoms with E-state index >= 15 is 0 Å². The van der Waals surface area contributed by atoms with Gasteiger partial charge in [-0.25, -0.2) is 4.98 Å². The van der Waals surface area contributed by atoms with Gasteiger partial charge in [-0.1, -0.05) is 54.0 Å². The molecular formula is C17H17BrN2S. The maximum Gasteiger partial charge on any atom is 0.180 e. The van der Waals surface area contributed by atoms with Crippen LogP contribution in [0.5, 0.6) is 0 Å². The average Bonchev–Trinajstić information content (AvgIpc) is 2.80. The molecule has 0 aliphatic heterocycles. The van der Waals surface area contributed by atoms with Crippen LogP contribution in [0.3, 0.4) is 0 Å². The molecule has 0 saturated heterocycles. The monoisotopic (exact) mass is 360 g/mol. The summed E-state index contributed by atoms with van der Waals surface area (Å²) in [5.74, 6) is 0.407. The van der Waals surface area contributed by atoms with Gasteiger partial charge in [0, 0.05) is 15.8 Å². The van der Waals surface area contributed by atoms with Gasteiger partial charge in [0.25, 0.3) is 0 Å². The van der Waals surface area contributed by atoms with Gasteiger partial charge in [0.15, 0.2) is 5.13 Å². The summed E-state index contributed by atoms with van der Waals surface area (Å²) < 4.78 is 1.11. The summed E-state index contributed by atoms with van der Waals surface area (Å²) in [6, 6.07) is 13.0. The minimum Gasteiger partial charge on any atom is -0.375 e. The molecule has 2 nitrogen and oxygen atoms in total. The fourth-order valence-corrected chi connectivity index (χ4v) is 3.92. The summed E-state index contributed by atoms with van der Waals surface area (Å²) in [6.07, 6.45) is 0.897. The molecule has 0 saturated carbocycles. The van der Waals surface area contributed by atoms with E-state index in [0.717, 1.165) is 16.6 Å². The van der Waals surface area contributed by atoms with Gasteiger partial charge in [0.1, 0.15) is 0 Å². The predicted molar refractivity (Wildman–Crippen MR) is 95.1 cm³/mol. The molecule has 0 fully saturated rings. The molecule has 0 bridgehead atoms. The topological polar surface area (TPSA) is 38.9 Å². The summed E-state index contributed by atoms with van der Waals surface area (Å²) >= 11 is 5.12. The molecule has 0 atom stereocenters. The summed E-state index contributed by atoms with van der Waals surface area (Å²) in [5.41, 5.74) is 8.31. The summed E-state index contributed by atoms with van der Waals surface area (Å²) in [7, 11) is 0. The second-order valence-corrected chi connectivity index (χ2v) is 7.55. The van der Waals surface area contributed by atoms with Crippen molar-refractivity contribution in [1.29, 1.82) is 0 Å². The van der Waals surface area contributed by atoms with Gasteiger partial charge in [0.2, 0.25) is 0 Å². The highest BCUT2D eigenvalue weighted by Gasteiger charge is 2.13. The second kappa shape index (κ2) is 5.78. The number of rotatable bonds is 3. The van der Waals surface area contributed by atoms with Crippen LogP contribution >= 0.6 is 27.3 Å². The van der Waals surface area contributed by atoms with Gasteiger partial charge >= 0.3 is 0 Å². The van der Waals surface area contributed by atoms with Gasteiger partial charge in [-0.15, -0.1) is 11.3 Å². The first-order chi connectivity index (χ1) is 10.0. The molecule has 0 aliphatic rings. The second-order valence-electron chi connectivity index (χ2n) is 5.52. The fraction of sp³-hybridized carbons (Fsp3) is 0.235. The normalized spacial score (nSPS) is 11.4. The Morgan fingerprint density at radius 1 is 1.14 bits per heavy atom. The van der Waals surface area contributed by atoms with Crippen molar-refractivity contribution >= 4 is 43.2 Å². The van der Waals surface area contributed by atoms with Crippen molar-refractivity contribution in [3.8, 4) is 0 Å². The molecule has 1 aromatic heterocycles. The van der Waals surface area contributed by atoms with E-state index in [9.17, 15) is 0 Å². The van der Waals surface area contributed by atoms with Crippen LogP contribution in [0.2, 0.25) is 0 Å². The number of benzene rings is 2. The first-order valence-electron chi connectivity index (χ1n) is 6.96. The van der Waals surface area contributed by atoms with E-state index in [0.29, 0.717) is 11.0 Å². The van der Waals surface area contributed by atoms with Crippen LogP contribution in [0.1, 0.15) is 35.9 Å². The molecule has 3 aromatic rings. The Bertz CT molecular complexity index is 793. The van der Waals surface area contributed by atoms with Crippen molar-refractivity contribution in [1.82, 2.24) is 4.98 Å². The lowest BCUT2D eigenvalue weighted by Crippen LogP contribution is -1.95. The number of anilines is 1. The van der Waals surface area contributed by atoms with Gasteiger partial charge in [-0.2, -0.15) is 0 Å². The average molecular weight is 361 g/mol. The van der Waals surface area contributed by atoms with Crippen molar-refractivity contribution in [2.24, 2.45) is 0 Å². The first kappa shape index (κ1) is 14.5. The van der Waals surface area contributed by atoms with E-state index in [1.807, 2.05) is 0 Å². The minimum absolute atomic E-state index is 0.407. The third kappa shape index (κ3) is 3.11. The summed E-state index contributed by atoms with van der Waals surface area (Å²) in [5, 5.41) is 3.18. The highest BCUT2D eigenvalue weighted by Crippen LogP contribution is 2.30. The van der Waals surface area contributed by atoms with E-state index in [1.165, 1.54) is 21.2 Å². The molecule has 0 aliphatic carbocycles. The molecule has 4 heteroatoms. The molecular weight excluding hydrogens is 344 g/mol. The molecule has 0 spiro atoms. The number of hydrogen-bond acceptors (Lipinski definition) is 3. The van der Waals surface area contributed by atoms with Crippen LogP contribution < -0.4 is 5.73 Å². The molecule has 108 valence electrons. The molecule has 0 unspecified atom stereocenters. The number of hydrogen-bond donors (Lipinski definition) is 1. The molecule has 0 radical (unpaired) electrons. The van der Waals surface area contributed by atoms with E-state index in [1.54, 1.807) is 11.3 Å². The first-order valence-corrected chi connectivity index (χ1v) is 8.57. The predicted octanol–water partition coefficient (Wildman–Crippen LogP) is 5.36. The van der Waals surface area contributed by atoms with E-state index < -0.39 is 0 Å². The largest absolute Gasteiger partial charge is 0.375 e. The highest BCUT2D eigenvalue weighted by molar-refractivity contribution is 9.10. The third-order valence-electron chi connectivity index (χ3n) is 3.52. The van der Waals surface area contributed by atoms with Crippen LogP contribution in [0.4, 0.5) is 5.13 Å². The lowest BCUT2D eigenvalue weighted by Gasteiger charge is -2.07. The van der Waals surface area contributed by atoms with Gasteiger partial charge < -0.3 is 5.73 Å². The van der Waals surface area contributed by atoms with Gasteiger partial charge in [0.05, 0.1) is 5.69 Å². The number of nitrogen functional groups attached to an aromatic ring is 1. The van der Waals surface area contributed by atoms with Gasteiger partial charge in [-0.3, -0.25) is 0 Å². The van der Waals surface area contributed by atoms with Crippen LogP contribution in [-0.2, 0) is 6.42 Å². The van der Waals surface area contributed by atoms with Crippen LogP contribution in [0.15, 0.2) is 40.9 Å². The molecule has 0 amide bonds. The zero-order valence-corrected chi connectivity index (χ0v) is 14.5. The third-order valence-corrected chi connectivity index (χ3v) is 4.92. The van der Waals surface area contributed by atoms with E-state index in [2.05, 4.69) is 71.2 Å². The molecule has 2 aromatic carbocycles. The standard InChI is InChI=1S/C17H17BrN2S/c1-10(2)16-15(21-17(19)20-16)8-11-3-4-13-9-14(18)6-5-12(13)7-11/h3-7,9-10H,8H2,1-2H3,(H2,19,20). The van der Waals surface area contributed by atoms with Crippen LogP contribution in [-0.4, -0.2) is 4.98 Å². The Balaban J connectivity index is 1.96. The number of nitrogens with two attached hydrogens (primary N) is 1. The lowest BCUT2D eigenvalue weighted by atomic mass is 10.0. The Morgan fingerprint density at radius 2 is 1.86 bits per heavy atom. The quantitative estimate of drug-likeness (QED) is 0.682. The van der Waals surface area contributed by atoms with Crippen molar-refractivity contribution in [2.45, 2.75) is 26.2 Å². The van der Waals surface area contributed by atoms with Crippen LogP contribution in [0.25, 0.3) is 10.8 Å². The smallest absolute Gasteiger partial charge is 0.180 e. The van der Waals surface area contributed by atoms with Crippen LogP contribution in [0, 0.1) is 0 Å². The summed E-state index contributed by atoms with van der Waals surface area (Å²) in [6.45, 7) is 4.33. The minimum atomic E-state index is 0.407. The Morgan fingerprint density at radius 3 is 2.62 bits per heavy atom. The Kier molecular flexibility index (Phi) is 4.00. The number of nitrogens with zero attached hydrogens (tertiary/aromatic N) is 1. The maximum absolute atomic E-state index is 5.88. The van der Waals surface area contributed by atoms with Crippen molar-refractivity contribution < 1.29 is 0 Å². The lowest BCUT2D eigenvalue weighted by molar-refractivity contribution is 0.820. The fourth-order valence-electron chi connectivity index (χ4n) is 2.52. The number of fused-ring (bicyclic) bond motifs is 1. The van der Waals surface area contributed by atoms with Crippen molar-refractivity contribution in [2.75, 3.05) is 5.73 Å². The summed E-state index contributed by atoms with van der Waals surface area (Å²) in [4.78, 5) is 5.75. The number of thiazole rings is 1. The molecule has 2 N–H and O–H groups in total. The SMILES string of the molecule is CC(C)c1nc(N)sc1Cc1ccc2cc(Br)ccc2c1. The van der Waals surface area contributed by atoms with E-state index in [4.69, 9.17) is 5.73 Å². The van der Waals surface area contributed by atoms with Gasteiger partial charge in [-0.05, 0) is 34.4 Å². The number of aromatic nitrogens is 1. The number of halogens is 1. The van der Waals surface area contributed by atoms with Crippen molar-refractivity contribution in [3.63, 3.8) is 0 Å². The molecule has 1 heterocycles. The zero-order chi connectivity index (χ0) is 15.0. The zero-order valence-electron chi connectivity index (χ0n) is 12.1. The maximum atomic E-state index is 5.88. The molecule has 3 rings (SSSR count). The van der Waals surface area contributed by atoms with E-state index in [-0.39, 0.29) is 0 Å².